The van der Waals surface area contributed by atoms with Crippen molar-refractivity contribution in [1.29, 1.82) is 0 Å². The Hall–Kier alpha value is -2.71. The minimum atomic E-state index is -2.35. The zero-order valence-electron chi connectivity index (χ0n) is 21.0. The number of phenols is 1. The Bertz CT molecular complexity index is 1130. The van der Waals surface area contributed by atoms with Crippen LogP contribution in [0.3, 0.4) is 0 Å². The van der Waals surface area contributed by atoms with Crippen molar-refractivity contribution in [3.8, 4) is 28.1 Å². The van der Waals surface area contributed by atoms with Crippen LogP contribution in [0.1, 0.15) is 44.6 Å². The molecule has 8 nitrogen and oxygen atoms in total. The lowest BCUT2D eigenvalue weighted by atomic mass is 9.80. The first-order chi connectivity index (χ1) is 15.3. The summed E-state index contributed by atoms with van der Waals surface area (Å²) in [5, 5.41) is 29.9. The summed E-state index contributed by atoms with van der Waals surface area (Å²) in [6.45, 7) is 6.39. The molecule has 4 rings (SSSR count). The van der Waals surface area contributed by atoms with Crippen molar-refractivity contribution in [3.05, 3.63) is 36.8 Å². The molecule has 3 N–H and O–H groups in total. The number of nitrogens with zero attached hydrogens (tertiary/aromatic N) is 5. The summed E-state index contributed by atoms with van der Waals surface area (Å²) in [5.74, 6) is 0.443. The van der Waals surface area contributed by atoms with Gasteiger partial charge in [-0.1, -0.05) is 6.07 Å². The molecule has 3 aromatic rings. The quantitative estimate of drug-likeness (QED) is 0.560. The van der Waals surface area contributed by atoms with E-state index in [1.807, 2.05) is 0 Å². The molecular weight excluding hydrogens is 414 g/mol. The van der Waals surface area contributed by atoms with E-state index in [1.54, 1.807) is 24.4 Å². The molecule has 0 saturated carbocycles. The zero-order chi connectivity index (χ0) is 24.0. The zero-order valence-corrected chi connectivity index (χ0v) is 18.9. The topological polar surface area (TPSA) is 101 Å². The fourth-order valence-electron chi connectivity index (χ4n) is 4.47. The number of nitrogens with one attached hydrogen (secondary N) is 2. The van der Waals surface area contributed by atoms with Crippen molar-refractivity contribution in [3.63, 3.8) is 0 Å². The molecule has 0 unspecified atom stereocenters. The van der Waals surface area contributed by atoms with Gasteiger partial charge in [-0.3, -0.25) is 4.68 Å². The van der Waals surface area contributed by atoms with Crippen LogP contribution in [0.15, 0.2) is 36.8 Å². The average molecular weight is 447 g/mol. The van der Waals surface area contributed by atoms with Gasteiger partial charge in [0.15, 0.2) is 0 Å². The van der Waals surface area contributed by atoms with Crippen LogP contribution >= 0.6 is 12.4 Å². The predicted molar refractivity (Wildman–Crippen MR) is 124 cm³/mol. The molecule has 2 aromatic heterocycles. The minimum Gasteiger partial charge on any atom is -0.507 e. The van der Waals surface area contributed by atoms with Gasteiger partial charge >= 0.3 is 0 Å². The van der Waals surface area contributed by atoms with Gasteiger partial charge in [0.2, 0.25) is 5.95 Å². The second-order valence-electron chi connectivity index (χ2n) is 9.21. The van der Waals surface area contributed by atoms with Crippen LogP contribution in [0.25, 0.3) is 22.4 Å². The van der Waals surface area contributed by atoms with Crippen molar-refractivity contribution >= 4 is 18.4 Å². The van der Waals surface area contributed by atoms with E-state index >= 15 is 0 Å². The summed E-state index contributed by atoms with van der Waals surface area (Å²) in [4.78, 5) is 4.40. The number of halogens is 1. The highest BCUT2D eigenvalue weighted by molar-refractivity contribution is 5.85. The van der Waals surface area contributed by atoms with Gasteiger partial charge in [0, 0.05) is 45.5 Å². The number of aromatic nitrogens is 5. The Labute approximate surface area is 193 Å². The average Bonchev–Trinajstić information content (AvgIpc) is 3.17. The van der Waals surface area contributed by atoms with Crippen molar-refractivity contribution in [2.24, 2.45) is 6.98 Å². The molecule has 1 aliphatic heterocycles. The first-order valence-corrected chi connectivity index (χ1v) is 9.96. The van der Waals surface area contributed by atoms with E-state index in [0.29, 0.717) is 28.3 Å². The Morgan fingerprint density at radius 3 is 2.45 bits per heavy atom. The summed E-state index contributed by atoms with van der Waals surface area (Å²) in [5.41, 5.74) is 2.15. The maximum atomic E-state index is 10.6. The van der Waals surface area contributed by atoms with Gasteiger partial charge in [0.05, 0.1) is 12.4 Å². The molecule has 1 saturated heterocycles. The van der Waals surface area contributed by atoms with Gasteiger partial charge in [0.25, 0.3) is 0 Å². The highest BCUT2D eigenvalue weighted by atomic mass is 35.5. The number of hydrogen-bond donors (Lipinski definition) is 3. The van der Waals surface area contributed by atoms with Gasteiger partial charge in [-0.05, 0) is 58.2 Å². The van der Waals surface area contributed by atoms with Gasteiger partial charge in [-0.2, -0.15) is 5.10 Å². The molecule has 166 valence electrons. The SMILES string of the molecule is Cl.[2H]C([2H])([2H])n1cc(-c2ccc(-c3cnc(NC4CC(C)(C)NC(C)(C)C4)nn3)c(O)c2)cn1. The smallest absolute Gasteiger partial charge is 0.242 e. The molecule has 0 bridgehead atoms. The largest absolute Gasteiger partial charge is 0.507 e. The molecular formula is C22H30ClN7O. The van der Waals surface area contributed by atoms with Gasteiger partial charge in [-0.15, -0.1) is 22.6 Å². The molecule has 9 heteroatoms. The maximum absolute atomic E-state index is 10.6. The number of piperidine rings is 1. The summed E-state index contributed by atoms with van der Waals surface area (Å²) >= 11 is 0. The molecule has 0 amide bonds. The third kappa shape index (κ3) is 5.32. The van der Waals surface area contributed by atoms with Gasteiger partial charge in [0.1, 0.15) is 11.4 Å². The Morgan fingerprint density at radius 2 is 1.87 bits per heavy atom. The first kappa shape index (κ1) is 19.0. The van der Waals surface area contributed by atoms with Crippen LogP contribution in [0, 0.1) is 0 Å². The molecule has 3 heterocycles. The molecule has 1 fully saturated rings. The minimum absolute atomic E-state index is 0. The number of aromatic hydroxyl groups is 1. The van der Waals surface area contributed by atoms with Crippen molar-refractivity contribution in [2.45, 2.75) is 57.7 Å². The molecule has 0 radical (unpaired) electrons. The lowest BCUT2D eigenvalue weighted by Crippen LogP contribution is -2.60. The number of aryl methyl sites for hydroxylation is 1. The van der Waals surface area contributed by atoms with E-state index in [0.717, 1.165) is 17.5 Å². The Kier molecular flexibility index (Phi) is 5.17. The third-order valence-corrected chi connectivity index (χ3v) is 5.27. The van der Waals surface area contributed by atoms with Gasteiger partial charge < -0.3 is 15.7 Å². The highest BCUT2D eigenvalue weighted by Crippen LogP contribution is 2.33. The van der Waals surface area contributed by atoms with Crippen LogP contribution in [0.4, 0.5) is 5.95 Å². The van der Waals surface area contributed by atoms with E-state index in [1.165, 1.54) is 12.4 Å². The normalized spacial score (nSPS) is 19.5. The molecule has 0 atom stereocenters. The van der Waals surface area contributed by atoms with E-state index in [2.05, 4.69) is 58.6 Å². The van der Waals surface area contributed by atoms with Crippen molar-refractivity contribution in [2.75, 3.05) is 5.32 Å². The number of rotatable bonds is 4. The molecule has 0 aliphatic carbocycles. The predicted octanol–water partition coefficient (Wildman–Crippen LogP) is 3.79. The second-order valence-corrected chi connectivity index (χ2v) is 9.21. The standard InChI is InChI=1S/C22H29N7O.ClH/c1-21(2)9-16(10-22(3,4)28-21)25-20-23-12-18(26-27-20)17-7-6-14(8-19(17)30)15-11-24-29(5)13-15;/h6-8,11-13,16,28,30H,9-10H2,1-5H3,(H,23,25,27);1H/i5D3;. The second kappa shape index (κ2) is 8.43. The summed E-state index contributed by atoms with van der Waals surface area (Å²) in [6, 6.07) is 5.23. The van der Waals surface area contributed by atoms with E-state index in [9.17, 15) is 5.11 Å². The van der Waals surface area contributed by atoms with Gasteiger partial charge in [-0.25, -0.2) is 4.98 Å². The molecule has 1 aromatic carbocycles. The Morgan fingerprint density at radius 1 is 1.13 bits per heavy atom. The summed E-state index contributed by atoms with van der Waals surface area (Å²) < 4.78 is 23.2. The number of benzene rings is 1. The molecule has 1 aliphatic rings. The highest BCUT2D eigenvalue weighted by Gasteiger charge is 2.37. The maximum Gasteiger partial charge on any atom is 0.242 e. The molecule has 0 spiro atoms. The van der Waals surface area contributed by atoms with Crippen molar-refractivity contribution < 1.29 is 9.22 Å². The van der Waals surface area contributed by atoms with Crippen LogP contribution in [-0.2, 0) is 6.98 Å². The van der Waals surface area contributed by atoms with Crippen LogP contribution in [-0.4, -0.2) is 47.2 Å². The van der Waals surface area contributed by atoms with E-state index in [4.69, 9.17) is 4.11 Å². The van der Waals surface area contributed by atoms with Crippen LogP contribution in [0.2, 0.25) is 0 Å². The van der Waals surface area contributed by atoms with Crippen LogP contribution in [0.5, 0.6) is 5.75 Å². The Balaban J connectivity index is 0.00000324. The lowest BCUT2D eigenvalue weighted by Gasteiger charge is -2.46. The third-order valence-electron chi connectivity index (χ3n) is 5.27. The van der Waals surface area contributed by atoms with E-state index in [-0.39, 0.29) is 35.3 Å². The monoisotopic (exact) mass is 446 g/mol. The molecule has 31 heavy (non-hydrogen) atoms. The number of anilines is 1. The van der Waals surface area contributed by atoms with Crippen LogP contribution < -0.4 is 10.6 Å². The van der Waals surface area contributed by atoms with E-state index < -0.39 is 6.98 Å². The number of phenolic OH excluding ortho intramolecular Hbond substituents is 1. The first-order valence-electron chi connectivity index (χ1n) is 11.5. The lowest BCUT2D eigenvalue weighted by molar-refractivity contribution is 0.170. The fraction of sp³-hybridized carbons (Fsp3) is 0.455. The number of hydrogen-bond acceptors (Lipinski definition) is 7. The summed E-state index contributed by atoms with van der Waals surface area (Å²) in [6.07, 6.45) is 6.32. The van der Waals surface area contributed by atoms with Crippen molar-refractivity contribution in [1.82, 2.24) is 30.3 Å². The summed E-state index contributed by atoms with van der Waals surface area (Å²) in [7, 11) is 0. The fourth-order valence-corrected chi connectivity index (χ4v) is 4.47.